The molecule has 7 heteroatoms. The van der Waals surface area contributed by atoms with Crippen LogP contribution in [0.15, 0.2) is 17.7 Å². The first-order chi connectivity index (χ1) is 16.7. The molecular formula is C28H43NO5Si. The molecule has 1 aromatic rings. The number of carbonyl (C=O) groups is 1. The topological polar surface area (TPSA) is 77.8 Å². The first kappa shape index (κ1) is 28.9. The third kappa shape index (κ3) is 6.89. The summed E-state index contributed by atoms with van der Waals surface area (Å²) in [5, 5.41) is 9.83. The van der Waals surface area contributed by atoms with Crippen molar-refractivity contribution in [3.63, 3.8) is 0 Å². The van der Waals surface area contributed by atoms with Crippen molar-refractivity contribution in [2.75, 3.05) is 34.0 Å². The van der Waals surface area contributed by atoms with Crippen LogP contribution < -0.4 is 9.47 Å². The van der Waals surface area contributed by atoms with E-state index in [0.717, 1.165) is 24.2 Å². The molecule has 1 aromatic carbocycles. The van der Waals surface area contributed by atoms with Gasteiger partial charge in [0, 0.05) is 13.2 Å². The van der Waals surface area contributed by atoms with E-state index in [4.69, 9.17) is 18.9 Å². The number of allylic oxidation sites excluding steroid dienone is 1. The van der Waals surface area contributed by atoms with Crippen LogP contribution in [0.25, 0.3) is 5.57 Å². The van der Waals surface area contributed by atoms with Crippen LogP contribution in [-0.2, 0) is 19.7 Å². The third-order valence-corrected chi connectivity index (χ3v) is 13.5. The molecule has 2 rings (SSSR count). The molecule has 0 N–H and O–H groups in total. The molecule has 35 heavy (non-hydrogen) atoms. The van der Waals surface area contributed by atoms with E-state index in [0.29, 0.717) is 36.5 Å². The molecule has 0 heterocycles. The van der Waals surface area contributed by atoms with Gasteiger partial charge in [0.15, 0.2) is 11.5 Å². The fourth-order valence-electron chi connectivity index (χ4n) is 4.99. The predicted octanol–water partition coefficient (Wildman–Crippen LogP) is 6.51. The van der Waals surface area contributed by atoms with E-state index in [2.05, 4.69) is 40.7 Å². The molecule has 0 bridgehead atoms. The van der Waals surface area contributed by atoms with Gasteiger partial charge < -0.3 is 18.9 Å². The quantitative estimate of drug-likeness (QED) is 0.0950. The largest absolute Gasteiger partial charge is 0.493 e. The van der Waals surface area contributed by atoms with E-state index < -0.39 is 14.0 Å². The Labute approximate surface area is 212 Å². The van der Waals surface area contributed by atoms with Crippen LogP contribution in [0, 0.1) is 11.3 Å². The summed E-state index contributed by atoms with van der Waals surface area (Å²) in [6, 6.07) is 11.1. The van der Waals surface area contributed by atoms with E-state index in [9.17, 15) is 10.1 Å². The van der Waals surface area contributed by atoms with Crippen molar-refractivity contribution in [2.45, 2.75) is 83.5 Å². The lowest BCUT2D eigenvalue weighted by molar-refractivity contribution is -0.138. The van der Waals surface area contributed by atoms with Gasteiger partial charge in [0.25, 0.3) is 0 Å². The van der Waals surface area contributed by atoms with Crippen LogP contribution >= 0.6 is 0 Å². The molecule has 0 fully saturated rings. The fourth-order valence-corrected chi connectivity index (χ4v) is 8.13. The molecule has 0 saturated heterocycles. The van der Waals surface area contributed by atoms with Crippen LogP contribution in [0.1, 0.15) is 65.0 Å². The van der Waals surface area contributed by atoms with Gasteiger partial charge in [-0.25, -0.2) is 4.79 Å². The van der Waals surface area contributed by atoms with Crippen molar-refractivity contribution < 1.29 is 23.7 Å². The average molecular weight is 502 g/mol. The van der Waals surface area contributed by atoms with E-state index in [1.165, 1.54) is 24.2 Å². The summed E-state index contributed by atoms with van der Waals surface area (Å²) in [4.78, 5) is 12.8. The number of rotatable bonds is 14. The van der Waals surface area contributed by atoms with Crippen LogP contribution in [0.3, 0.4) is 0 Å². The Morgan fingerprint density at radius 3 is 2.17 bits per heavy atom. The smallest absolute Gasteiger partial charge is 0.349 e. The molecule has 194 valence electrons. The van der Waals surface area contributed by atoms with Crippen molar-refractivity contribution in [2.24, 2.45) is 0 Å². The second-order valence-electron chi connectivity index (χ2n) is 10.0. The molecule has 6 nitrogen and oxygen atoms in total. The molecule has 0 amide bonds. The minimum atomic E-state index is -1.13. The van der Waals surface area contributed by atoms with Gasteiger partial charge >= 0.3 is 5.97 Å². The van der Waals surface area contributed by atoms with Gasteiger partial charge in [0.1, 0.15) is 11.6 Å². The highest BCUT2D eigenvalue weighted by molar-refractivity contribution is 6.79. The van der Waals surface area contributed by atoms with Crippen LogP contribution in [0.2, 0.25) is 24.2 Å². The Kier molecular flexibility index (Phi) is 10.9. The SMILES string of the molecule is CC[Si](CC)(CC)CCOCCCCOC(=O)C(C#N)=C1CC(C)(C)c2cc(OC)c(OC)cc21. The number of nitrogens with zero attached hydrogens (tertiary/aromatic N) is 1. The second-order valence-corrected chi connectivity index (χ2v) is 15.7. The van der Waals surface area contributed by atoms with Crippen LogP contribution in [0.5, 0.6) is 11.5 Å². The van der Waals surface area contributed by atoms with E-state index in [1.54, 1.807) is 14.2 Å². The summed E-state index contributed by atoms with van der Waals surface area (Å²) in [6.07, 6.45) is 2.12. The van der Waals surface area contributed by atoms with Crippen LogP contribution in [-0.4, -0.2) is 48.1 Å². The number of methoxy groups -OCH3 is 2. The number of ether oxygens (including phenoxy) is 4. The Bertz CT molecular complexity index is 935. The fraction of sp³-hybridized carbons (Fsp3) is 0.643. The third-order valence-electron chi connectivity index (χ3n) is 7.76. The van der Waals surface area contributed by atoms with Crippen molar-refractivity contribution in [1.29, 1.82) is 5.26 Å². The number of unbranched alkanes of at least 4 members (excludes halogenated alkanes) is 1. The normalized spacial score (nSPS) is 15.8. The van der Waals surface area contributed by atoms with E-state index in [1.807, 2.05) is 12.1 Å². The summed E-state index contributed by atoms with van der Waals surface area (Å²) in [5.74, 6) is 0.645. The molecule has 0 atom stereocenters. The lowest BCUT2D eigenvalue weighted by Gasteiger charge is -2.27. The van der Waals surface area contributed by atoms with Crippen molar-refractivity contribution >= 4 is 19.6 Å². The van der Waals surface area contributed by atoms with E-state index >= 15 is 0 Å². The van der Waals surface area contributed by atoms with Gasteiger partial charge in [0.05, 0.1) is 28.9 Å². The summed E-state index contributed by atoms with van der Waals surface area (Å²) in [5.41, 5.74) is 2.42. The molecule has 0 unspecified atom stereocenters. The number of nitriles is 1. The Balaban J connectivity index is 1.95. The number of hydrogen-bond acceptors (Lipinski definition) is 6. The first-order valence-electron chi connectivity index (χ1n) is 12.9. The molecule has 0 aromatic heterocycles. The van der Waals surface area contributed by atoms with Crippen molar-refractivity contribution in [3.8, 4) is 17.6 Å². The van der Waals surface area contributed by atoms with Crippen molar-refractivity contribution in [3.05, 3.63) is 28.8 Å². The van der Waals surface area contributed by atoms with Gasteiger partial charge in [0.2, 0.25) is 0 Å². The predicted molar refractivity (Wildman–Crippen MR) is 143 cm³/mol. The zero-order valence-corrected chi connectivity index (χ0v) is 23.7. The number of esters is 1. The molecule has 0 saturated carbocycles. The van der Waals surface area contributed by atoms with Gasteiger partial charge in [-0.3, -0.25) is 0 Å². The molecular weight excluding hydrogens is 458 g/mol. The highest BCUT2D eigenvalue weighted by atomic mass is 28.3. The average Bonchev–Trinajstić information content (AvgIpc) is 3.12. The van der Waals surface area contributed by atoms with Gasteiger partial charge in [-0.2, -0.15) is 5.26 Å². The zero-order chi connectivity index (χ0) is 26.1. The maximum atomic E-state index is 12.8. The zero-order valence-electron chi connectivity index (χ0n) is 22.7. The number of hydrogen-bond donors (Lipinski definition) is 0. The Morgan fingerprint density at radius 2 is 1.60 bits per heavy atom. The molecule has 1 aliphatic carbocycles. The summed E-state index contributed by atoms with van der Waals surface area (Å²) in [6.45, 7) is 12.9. The molecule has 1 aliphatic rings. The monoisotopic (exact) mass is 501 g/mol. The number of fused-ring (bicyclic) bond motifs is 1. The number of carbonyl (C=O) groups excluding carboxylic acids is 1. The molecule has 0 spiro atoms. The highest BCUT2D eigenvalue weighted by Gasteiger charge is 2.38. The van der Waals surface area contributed by atoms with Gasteiger partial charge in [-0.1, -0.05) is 52.8 Å². The van der Waals surface area contributed by atoms with Crippen molar-refractivity contribution in [1.82, 2.24) is 0 Å². The summed E-state index contributed by atoms with van der Waals surface area (Å²) in [7, 11) is 2.05. The maximum absolute atomic E-state index is 12.8. The van der Waals surface area contributed by atoms with Gasteiger partial charge in [-0.15, -0.1) is 0 Å². The lowest BCUT2D eigenvalue weighted by Crippen LogP contribution is -2.32. The minimum Gasteiger partial charge on any atom is -0.493 e. The standard InChI is InChI=1S/C28H43NO5Si/c1-8-35(9-2,10-3)16-15-33-13-11-12-14-34-27(30)23(20-29)22-19-28(4,5)24-18-26(32-7)25(31-6)17-21(22)24/h17-18H,8-16,19H2,1-7H3. The minimum absolute atomic E-state index is 0.0697. The molecule has 0 radical (unpaired) electrons. The van der Waals surface area contributed by atoms with Crippen LogP contribution in [0.4, 0.5) is 0 Å². The Hall–Kier alpha value is -2.30. The molecule has 0 aliphatic heterocycles. The maximum Gasteiger partial charge on any atom is 0.349 e. The number of benzene rings is 1. The Morgan fingerprint density at radius 1 is 1.00 bits per heavy atom. The summed E-state index contributed by atoms with van der Waals surface area (Å²) < 4.78 is 22.3. The second kappa shape index (κ2) is 13.1. The lowest BCUT2D eigenvalue weighted by atomic mass is 9.86. The first-order valence-corrected chi connectivity index (χ1v) is 15.7. The van der Waals surface area contributed by atoms with Gasteiger partial charge in [-0.05, 0) is 59.6 Å². The highest BCUT2D eigenvalue weighted by Crippen LogP contribution is 2.50. The van der Waals surface area contributed by atoms with E-state index in [-0.39, 0.29) is 17.6 Å². The summed E-state index contributed by atoms with van der Waals surface area (Å²) >= 11 is 0.